The van der Waals surface area contributed by atoms with Gasteiger partial charge in [0.15, 0.2) is 0 Å². The summed E-state index contributed by atoms with van der Waals surface area (Å²) in [5, 5.41) is 0. The van der Waals surface area contributed by atoms with Gasteiger partial charge in [-0.3, -0.25) is 9.52 Å². The van der Waals surface area contributed by atoms with Gasteiger partial charge in [-0.05, 0) is 66.8 Å². The number of likely N-dealkylation sites (N-methyl/N-ethyl adjacent to an activating group) is 1. The molecule has 2 aliphatic rings. The molecule has 1 unspecified atom stereocenters. The van der Waals surface area contributed by atoms with Gasteiger partial charge in [0, 0.05) is 37.2 Å². The molecule has 148 valence electrons. The van der Waals surface area contributed by atoms with Gasteiger partial charge < -0.3 is 9.80 Å². The number of rotatable bonds is 4. The van der Waals surface area contributed by atoms with Gasteiger partial charge in [-0.25, -0.2) is 8.42 Å². The topological polar surface area (TPSA) is 69.7 Å². The lowest BCUT2D eigenvalue weighted by atomic mass is 10.00. The van der Waals surface area contributed by atoms with Gasteiger partial charge in [0.2, 0.25) is 5.91 Å². The van der Waals surface area contributed by atoms with Crippen LogP contribution in [0, 0.1) is 5.92 Å². The van der Waals surface area contributed by atoms with Crippen LogP contribution >= 0.6 is 0 Å². The van der Waals surface area contributed by atoms with E-state index in [4.69, 9.17) is 0 Å². The van der Waals surface area contributed by atoms with E-state index < -0.39 is 10.0 Å². The highest BCUT2D eigenvalue weighted by Crippen LogP contribution is 2.31. The summed E-state index contributed by atoms with van der Waals surface area (Å²) in [6.45, 7) is 4.33. The monoisotopic (exact) mass is 399 g/mol. The first kappa shape index (κ1) is 18.8. The zero-order chi connectivity index (χ0) is 19.9. The van der Waals surface area contributed by atoms with Gasteiger partial charge in [-0.2, -0.15) is 0 Å². The van der Waals surface area contributed by atoms with Gasteiger partial charge in [-0.15, -0.1) is 0 Å². The number of piperidine rings is 1. The number of sulfonamides is 1. The van der Waals surface area contributed by atoms with Crippen LogP contribution < -0.4 is 14.5 Å². The van der Waals surface area contributed by atoms with Crippen molar-refractivity contribution in [2.45, 2.75) is 31.1 Å². The molecule has 6 nitrogen and oxygen atoms in total. The van der Waals surface area contributed by atoms with Crippen molar-refractivity contribution in [2.24, 2.45) is 5.92 Å². The lowest BCUT2D eigenvalue weighted by Crippen LogP contribution is -2.34. The smallest absolute Gasteiger partial charge is 0.261 e. The molecule has 4 rings (SSSR count). The molecule has 7 heteroatoms. The van der Waals surface area contributed by atoms with E-state index in [0.717, 1.165) is 30.0 Å². The Balaban J connectivity index is 1.51. The van der Waals surface area contributed by atoms with Crippen molar-refractivity contribution in [1.82, 2.24) is 0 Å². The summed E-state index contributed by atoms with van der Waals surface area (Å²) in [5.41, 5.74) is 3.16. The zero-order valence-electron chi connectivity index (χ0n) is 16.2. The third-order valence-corrected chi connectivity index (χ3v) is 6.96. The van der Waals surface area contributed by atoms with E-state index in [-0.39, 0.29) is 17.2 Å². The molecule has 0 spiro atoms. The highest BCUT2D eigenvalue weighted by molar-refractivity contribution is 7.92. The first-order valence-electron chi connectivity index (χ1n) is 9.61. The van der Waals surface area contributed by atoms with Crippen LogP contribution in [0.25, 0.3) is 0 Å². The Morgan fingerprint density at radius 1 is 1.11 bits per heavy atom. The maximum absolute atomic E-state index is 12.8. The van der Waals surface area contributed by atoms with E-state index in [2.05, 4.69) is 16.5 Å². The summed E-state index contributed by atoms with van der Waals surface area (Å²) in [4.78, 5) is 15.9. The molecule has 0 radical (unpaired) electrons. The lowest BCUT2D eigenvalue weighted by molar-refractivity contribution is -0.117. The third kappa shape index (κ3) is 3.58. The molecule has 1 N–H and O–H groups in total. The van der Waals surface area contributed by atoms with E-state index in [1.165, 1.54) is 12.8 Å². The van der Waals surface area contributed by atoms with Crippen LogP contribution in [0.5, 0.6) is 0 Å². The summed E-state index contributed by atoms with van der Waals surface area (Å²) in [5.74, 6) is 0.651. The summed E-state index contributed by atoms with van der Waals surface area (Å²) in [6, 6.07) is 12.4. The molecule has 2 aromatic rings. The number of carbonyl (C=O) groups excluding carboxylic acids is 1. The molecular weight excluding hydrogens is 374 g/mol. The second-order valence-corrected chi connectivity index (χ2v) is 9.45. The van der Waals surface area contributed by atoms with Crippen LogP contribution in [-0.2, 0) is 21.2 Å². The van der Waals surface area contributed by atoms with Gasteiger partial charge in [0.05, 0.1) is 11.3 Å². The standard InChI is InChI=1S/C21H25N3O3S/c1-15-4-3-11-24(14-15)18-7-5-17(6-8-18)22-28(26,27)19-9-10-20-16(12-19)13-21(25)23(20)2/h5-10,12,15,22H,3-4,11,13-14H2,1-2H3. The van der Waals surface area contributed by atoms with Crippen molar-refractivity contribution >= 4 is 33.0 Å². The van der Waals surface area contributed by atoms with Gasteiger partial charge in [0.1, 0.15) is 0 Å². The second kappa shape index (κ2) is 7.13. The molecule has 1 atom stereocenters. The number of amides is 1. The quantitative estimate of drug-likeness (QED) is 0.857. The Morgan fingerprint density at radius 2 is 1.86 bits per heavy atom. The number of benzene rings is 2. The van der Waals surface area contributed by atoms with E-state index >= 15 is 0 Å². The Bertz CT molecular complexity index is 1000. The van der Waals surface area contributed by atoms with Crippen LogP contribution in [-0.4, -0.2) is 34.5 Å². The molecule has 2 aliphatic heterocycles. The Kier molecular flexibility index (Phi) is 4.79. The molecule has 0 saturated carbocycles. The second-order valence-electron chi connectivity index (χ2n) is 7.77. The number of nitrogens with zero attached hydrogens (tertiary/aromatic N) is 2. The maximum Gasteiger partial charge on any atom is 0.261 e. The predicted octanol–water partition coefficient (Wildman–Crippen LogP) is 3.24. The van der Waals surface area contributed by atoms with Crippen LogP contribution in [0.1, 0.15) is 25.3 Å². The third-order valence-electron chi connectivity index (χ3n) is 5.58. The molecule has 1 amide bonds. The Hall–Kier alpha value is -2.54. The van der Waals surface area contributed by atoms with Crippen LogP contribution in [0.15, 0.2) is 47.4 Å². The van der Waals surface area contributed by atoms with E-state index in [9.17, 15) is 13.2 Å². The Labute approximate surface area is 166 Å². The van der Waals surface area contributed by atoms with Crippen LogP contribution in [0.2, 0.25) is 0 Å². The van der Waals surface area contributed by atoms with Crippen LogP contribution in [0.4, 0.5) is 17.1 Å². The zero-order valence-corrected chi connectivity index (χ0v) is 17.0. The fourth-order valence-corrected chi connectivity index (χ4v) is 5.10. The maximum atomic E-state index is 12.8. The normalized spacial score (nSPS) is 19.6. The minimum atomic E-state index is -3.71. The molecular formula is C21H25N3O3S. The highest BCUT2D eigenvalue weighted by atomic mass is 32.2. The summed E-state index contributed by atoms with van der Waals surface area (Å²) >= 11 is 0. The molecule has 28 heavy (non-hydrogen) atoms. The number of hydrogen-bond donors (Lipinski definition) is 1. The molecule has 1 fully saturated rings. The molecule has 0 aromatic heterocycles. The minimum absolute atomic E-state index is 0.0277. The highest BCUT2D eigenvalue weighted by Gasteiger charge is 2.26. The summed E-state index contributed by atoms with van der Waals surface area (Å²) < 4.78 is 28.2. The van der Waals surface area contributed by atoms with Crippen molar-refractivity contribution < 1.29 is 13.2 Å². The fourth-order valence-electron chi connectivity index (χ4n) is 3.99. The average Bonchev–Trinajstić information content (AvgIpc) is 2.95. The lowest BCUT2D eigenvalue weighted by Gasteiger charge is -2.32. The first-order valence-corrected chi connectivity index (χ1v) is 11.1. The van der Waals surface area contributed by atoms with Gasteiger partial charge in [0.25, 0.3) is 10.0 Å². The number of fused-ring (bicyclic) bond motifs is 1. The SMILES string of the molecule is CC1CCCN(c2ccc(NS(=O)(=O)c3ccc4c(c3)CC(=O)N4C)cc2)C1. The van der Waals surface area contributed by atoms with Gasteiger partial charge in [-0.1, -0.05) is 6.92 Å². The first-order chi connectivity index (χ1) is 13.3. The number of hydrogen-bond acceptors (Lipinski definition) is 4. The average molecular weight is 400 g/mol. The fraction of sp³-hybridized carbons (Fsp3) is 0.381. The molecule has 1 saturated heterocycles. The number of anilines is 3. The van der Waals surface area contributed by atoms with Crippen molar-refractivity contribution in [3.05, 3.63) is 48.0 Å². The van der Waals surface area contributed by atoms with E-state index in [1.807, 2.05) is 12.1 Å². The molecule has 2 aromatic carbocycles. The molecule has 0 aliphatic carbocycles. The molecule has 2 heterocycles. The van der Waals surface area contributed by atoms with E-state index in [1.54, 1.807) is 42.3 Å². The Morgan fingerprint density at radius 3 is 2.57 bits per heavy atom. The predicted molar refractivity (Wildman–Crippen MR) is 111 cm³/mol. The largest absolute Gasteiger partial charge is 0.371 e. The van der Waals surface area contributed by atoms with Crippen molar-refractivity contribution in [3.63, 3.8) is 0 Å². The number of carbonyl (C=O) groups is 1. The van der Waals surface area contributed by atoms with Crippen LogP contribution in [0.3, 0.4) is 0 Å². The van der Waals surface area contributed by atoms with Crippen molar-refractivity contribution in [1.29, 1.82) is 0 Å². The molecule has 0 bridgehead atoms. The van der Waals surface area contributed by atoms with Crippen molar-refractivity contribution in [2.75, 3.05) is 34.7 Å². The van der Waals surface area contributed by atoms with E-state index in [0.29, 0.717) is 11.6 Å². The summed E-state index contributed by atoms with van der Waals surface area (Å²) in [6.07, 6.45) is 2.68. The van der Waals surface area contributed by atoms with Crippen molar-refractivity contribution in [3.8, 4) is 0 Å². The number of nitrogens with one attached hydrogen (secondary N) is 1. The summed E-state index contributed by atoms with van der Waals surface area (Å²) in [7, 11) is -2.01. The van der Waals surface area contributed by atoms with Gasteiger partial charge >= 0.3 is 0 Å². The minimum Gasteiger partial charge on any atom is -0.371 e.